The van der Waals surface area contributed by atoms with Crippen LogP contribution in [0.3, 0.4) is 0 Å². The van der Waals surface area contributed by atoms with E-state index in [0.717, 1.165) is 17.5 Å². The van der Waals surface area contributed by atoms with Crippen LogP contribution >= 0.6 is 0 Å². The van der Waals surface area contributed by atoms with Gasteiger partial charge in [-0.3, -0.25) is 4.79 Å². The van der Waals surface area contributed by atoms with Crippen LogP contribution in [0.25, 0.3) is 0 Å². The molecule has 0 aromatic carbocycles. The second-order valence-corrected chi connectivity index (χ2v) is 4.55. The van der Waals surface area contributed by atoms with Crippen LogP contribution in [-0.2, 0) is 17.4 Å². The summed E-state index contributed by atoms with van der Waals surface area (Å²) in [4.78, 5) is 10.8. The Morgan fingerprint density at radius 1 is 1.56 bits per heavy atom. The molecule has 1 heterocycles. The number of carbonyl (C=O) groups excluding carboxylic acids is 1. The molecule has 1 aromatic rings. The maximum Gasteiger partial charge on any atom is 0.434 e. The number of rotatable bonds is 4. The maximum atomic E-state index is 13.0. The first-order chi connectivity index (χ1) is 8.30. The predicted molar refractivity (Wildman–Crippen MR) is 55.4 cm³/mol. The summed E-state index contributed by atoms with van der Waals surface area (Å²) in [5.74, 6) is -0.652. The number of hydrogen-bond donors (Lipinski definition) is 1. The minimum absolute atomic E-state index is 0.203. The van der Waals surface area contributed by atoms with Crippen LogP contribution < -0.4 is 5.73 Å². The second kappa shape index (κ2) is 4.25. The number of primary amides is 1. The Morgan fingerprint density at radius 2 is 2.17 bits per heavy atom. The third-order valence-corrected chi connectivity index (χ3v) is 3.06. The minimum atomic E-state index is -4.59. The van der Waals surface area contributed by atoms with Gasteiger partial charge in [-0.15, -0.1) is 5.10 Å². The second-order valence-electron chi connectivity index (χ2n) is 4.55. The SMILES string of the molecule is CC(C1CC1)n1nnc(CC(N)=O)c1C(F)(F)F. The largest absolute Gasteiger partial charge is 0.434 e. The summed E-state index contributed by atoms with van der Waals surface area (Å²) in [6, 6.07) is -0.365. The quantitative estimate of drug-likeness (QED) is 0.888. The molecule has 1 aromatic heterocycles. The Hall–Kier alpha value is -1.60. The lowest BCUT2D eigenvalue weighted by molar-refractivity contribution is -0.145. The molecule has 0 bridgehead atoms. The highest BCUT2D eigenvalue weighted by Crippen LogP contribution is 2.42. The topological polar surface area (TPSA) is 73.8 Å². The molecule has 18 heavy (non-hydrogen) atoms. The number of nitrogens with zero attached hydrogens (tertiary/aromatic N) is 3. The molecule has 1 unspecified atom stereocenters. The van der Waals surface area contributed by atoms with Gasteiger partial charge in [-0.2, -0.15) is 13.2 Å². The van der Waals surface area contributed by atoms with Crippen molar-refractivity contribution in [1.29, 1.82) is 0 Å². The molecule has 1 saturated carbocycles. The zero-order chi connectivity index (χ0) is 13.5. The standard InChI is InChI=1S/C10H13F3N4O/c1-5(6-2-3-6)17-9(10(11,12)13)7(15-16-17)4-8(14)18/h5-6H,2-4H2,1H3,(H2,14,18). The molecule has 0 spiro atoms. The summed E-state index contributed by atoms with van der Waals surface area (Å²) in [5.41, 5.74) is 3.55. The van der Waals surface area contributed by atoms with E-state index < -0.39 is 29.9 Å². The van der Waals surface area contributed by atoms with Crippen molar-refractivity contribution < 1.29 is 18.0 Å². The lowest BCUT2D eigenvalue weighted by atomic mass is 10.2. The highest BCUT2D eigenvalue weighted by Gasteiger charge is 2.42. The van der Waals surface area contributed by atoms with Gasteiger partial charge in [-0.1, -0.05) is 5.21 Å². The van der Waals surface area contributed by atoms with E-state index >= 15 is 0 Å². The number of alkyl halides is 3. The molecule has 1 atom stereocenters. The van der Waals surface area contributed by atoms with Gasteiger partial charge in [0.05, 0.1) is 12.5 Å². The summed E-state index contributed by atoms with van der Waals surface area (Å²) in [5, 5.41) is 6.98. The molecule has 0 saturated heterocycles. The van der Waals surface area contributed by atoms with Crippen molar-refractivity contribution in [3.8, 4) is 0 Å². The molecule has 1 fully saturated rings. The Balaban J connectivity index is 2.40. The summed E-state index contributed by atoms with van der Waals surface area (Å²) in [6.07, 6.45) is -3.35. The first kappa shape index (κ1) is 12.8. The fraction of sp³-hybridized carbons (Fsp3) is 0.700. The molecule has 2 rings (SSSR count). The molecule has 0 radical (unpaired) electrons. The summed E-state index contributed by atoms with van der Waals surface area (Å²) in [6.45, 7) is 1.68. The van der Waals surface area contributed by atoms with Crippen molar-refractivity contribution in [3.63, 3.8) is 0 Å². The van der Waals surface area contributed by atoms with Gasteiger partial charge >= 0.3 is 6.18 Å². The number of amides is 1. The van der Waals surface area contributed by atoms with Crippen molar-refractivity contribution in [2.45, 2.75) is 38.4 Å². The molecule has 8 heteroatoms. The Bertz CT molecular complexity index is 464. The number of hydrogen-bond acceptors (Lipinski definition) is 3. The zero-order valence-corrected chi connectivity index (χ0v) is 9.74. The molecular formula is C10H13F3N4O. The Labute approximate surface area is 101 Å². The van der Waals surface area contributed by atoms with Crippen LogP contribution in [0, 0.1) is 5.92 Å². The molecule has 2 N–H and O–H groups in total. The normalized spacial score (nSPS) is 17.8. The van der Waals surface area contributed by atoms with E-state index in [1.54, 1.807) is 6.92 Å². The lowest BCUT2D eigenvalue weighted by Gasteiger charge is -2.16. The van der Waals surface area contributed by atoms with Gasteiger partial charge in [-0.05, 0) is 25.7 Å². The van der Waals surface area contributed by atoms with Gasteiger partial charge in [0.15, 0.2) is 5.69 Å². The predicted octanol–water partition coefficient (Wildman–Crippen LogP) is 1.30. The summed E-state index contributed by atoms with van der Waals surface area (Å²) >= 11 is 0. The van der Waals surface area contributed by atoms with Gasteiger partial charge in [0.1, 0.15) is 5.69 Å². The summed E-state index contributed by atoms with van der Waals surface area (Å²) in [7, 11) is 0. The van der Waals surface area contributed by atoms with E-state index in [0.29, 0.717) is 0 Å². The molecule has 100 valence electrons. The van der Waals surface area contributed by atoms with E-state index in [4.69, 9.17) is 5.73 Å². The third kappa shape index (κ3) is 2.46. The van der Waals surface area contributed by atoms with Crippen molar-refractivity contribution >= 4 is 5.91 Å². The zero-order valence-electron chi connectivity index (χ0n) is 9.74. The smallest absolute Gasteiger partial charge is 0.369 e. The van der Waals surface area contributed by atoms with Crippen molar-refractivity contribution in [2.24, 2.45) is 11.7 Å². The van der Waals surface area contributed by atoms with E-state index in [2.05, 4.69) is 10.3 Å². The number of halogens is 3. The van der Waals surface area contributed by atoms with Crippen LogP contribution in [0.2, 0.25) is 0 Å². The van der Waals surface area contributed by atoms with E-state index in [-0.39, 0.29) is 12.0 Å². The summed E-state index contributed by atoms with van der Waals surface area (Å²) < 4.78 is 39.8. The number of nitrogens with two attached hydrogens (primary N) is 1. The number of aromatic nitrogens is 3. The fourth-order valence-corrected chi connectivity index (χ4v) is 1.97. The van der Waals surface area contributed by atoms with Crippen LogP contribution in [0.5, 0.6) is 0 Å². The van der Waals surface area contributed by atoms with Gasteiger partial charge in [0.25, 0.3) is 0 Å². The average molecular weight is 262 g/mol. The van der Waals surface area contributed by atoms with Crippen LogP contribution in [0.4, 0.5) is 13.2 Å². The maximum absolute atomic E-state index is 13.0. The van der Waals surface area contributed by atoms with Crippen LogP contribution in [0.1, 0.15) is 37.2 Å². The highest BCUT2D eigenvalue weighted by atomic mass is 19.4. The first-order valence-corrected chi connectivity index (χ1v) is 5.60. The molecule has 1 aliphatic carbocycles. The number of carbonyl (C=O) groups is 1. The minimum Gasteiger partial charge on any atom is -0.369 e. The molecule has 1 aliphatic rings. The van der Waals surface area contributed by atoms with Crippen molar-refractivity contribution in [1.82, 2.24) is 15.0 Å². The third-order valence-electron chi connectivity index (χ3n) is 3.06. The Kier molecular flexibility index (Phi) is 3.04. The lowest BCUT2D eigenvalue weighted by Crippen LogP contribution is -2.22. The van der Waals surface area contributed by atoms with Crippen LogP contribution in [-0.4, -0.2) is 20.9 Å². The van der Waals surface area contributed by atoms with Gasteiger partial charge in [0, 0.05) is 0 Å². The van der Waals surface area contributed by atoms with E-state index in [9.17, 15) is 18.0 Å². The van der Waals surface area contributed by atoms with Gasteiger partial charge in [-0.25, -0.2) is 4.68 Å². The highest BCUT2D eigenvalue weighted by molar-refractivity contribution is 5.76. The van der Waals surface area contributed by atoms with Crippen molar-refractivity contribution in [3.05, 3.63) is 11.4 Å². The Morgan fingerprint density at radius 3 is 2.61 bits per heavy atom. The fourth-order valence-electron chi connectivity index (χ4n) is 1.97. The van der Waals surface area contributed by atoms with E-state index in [1.807, 2.05) is 0 Å². The van der Waals surface area contributed by atoms with Gasteiger partial charge in [0.2, 0.25) is 5.91 Å². The van der Waals surface area contributed by atoms with Crippen molar-refractivity contribution in [2.75, 3.05) is 0 Å². The molecule has 5 nitrogen and oxygen atoms in total. The van der Waals surface area contributed by atoms with Gasteiger partial charge < -0.3 is 5.73 Å². The van der Waals surface area contributed by atoms with E-state index in [1.165, 1.54) is 0 Å². The monoisotopic (exact) mass is 262 g/mol. The molecule has 0 aliphatic heterocycles. The first-order valence-electron chi connectivity index (χ1n) is 5.60. The molecular weight excluding hydrogens is 249 g/mol. The van der Waals surface area contributed by atoms with Crippen LogP contribution in [0.15, 0.2) is 0 Å². The molecule has 1 amide bonds. The average Bonchev–Trinajstić information content (AvgIpc) is 2.97.